The van der Waals surface area contributed by atoms with E-state index in [1.807, 2.05) is 17.5 Å². The van der Waals surface area contributed by atoms with Gasteiger partial charge in [-0.3, -0.25) is 9.59 Å². The molecule has 3 rings (SSSR count). The molecule has 132 valence electrons. The van der Waals surface area contributed by atoms with Crippen molar-refractivity contribution in [3.05, 3.63) is 51.2 Å². The summed E-state index contributed by atoms with van der Waals surface area (Å²) in [7, 11) is 1.58. The number of hydrogen-bond donors (Lipinski definition) is 0. The number of amides is 2. The second-order valence-electron chi connectivity index (χ2n) is 5.78. The molecule has 2 heterocycles. The summed E-state index contributed by atoms with van der Waals surface area (Å²) >= 11 is 7.46. The Morgan fingerprint density at radius 1 is 1.16 bits per heavy atom. The topological polar surface area (TPSA) is 49.9 Å². The monoisotopic (exact) mass is 378 g/mol. The zero-order valence-corrected chi connectivity index (χ0v) is 15.5. The maximum Gasteiger partial charge on any atom is 0.264 e. The highest BCUT2D eigenvalue weighted by molar-refractivity contribution is 7.12. The van der Waals surface area contributed by atoms with Crippen molar-refractivity contribution >= 4 is 34.8 Å². The van der Waals surface area contributed by atoms with Gasteiger partial charge in [0.15, 0.2) is 0 Å². The minimum absolute atomic E-state index is 0.0174. The molecule has 7 heteroatoms. The number of methoxy groups -OCH3 is 1. The molecule has 25 heavy (non-hydrogen) atoms. The van der Waals surface area contributed by atoms with Gasteiger partial charge in [-0.2, -0.15) is 0 Å². The maximum absolute atomic E-state index is 12.6. The summed E-state index contributed by atoms with van der Waals surface area (Å²) in [4.78, 5) is 29.3. The third-order valence-corrected chi connectivity index (χ3v) is 5.33. The molecule has 2 amide bonds. The molecule has 1 saturated heterocycles. The van der Waals surface area contributed by atoms with Gasteiger partial charge < -0.3 is 14.5 Å². The third-order valence-electron chi connectivity index (χ3n) is 4.24. The van der Waals surface area contributed by atoms with Crippen LogP contribution in [0.2, 0.25) is 5.02 Å². The van der Waals surface area contributed by atoms with Crippen LogP contribution in [0.3, 0.4) is 0 Å². The zero-order valence-electron chi connectivity index (χ0n) is 13.9. The summed E-state index contributed by atoms with van der Waals surface area (Å²) in [5.74, 6) is 0.714. The van der Waals surface area contributed by atoms with Gasteiger partial charge in [0, 0.05) is 36.8 Å². The van der Waals surface area contributed by atoms with Gasteiger partial charge in [-0.05, 0) is 29.6 Å². The number of benzene rings is 1. The highest BCUT2D eigenvalue weighted by atomic mass is 35.5. The number of piperazine rings is 1. The van der Waals surface area contributed by atoms with Crippen LogP contribution in [0.15, 0.2) is 35.7 Å². The number of carbonyl (C=O) groups excluding carboxylic acids is 2. The molecule has 0 atom stereocenters. The predicted octanol–water partition coefficient (Wildman–Crippen LogP) is 2.94. The summed E-state index contributed by atoms with van der Waals surface area (Å²) in [5, 5.41) is 2.47. The zero-order chi connectivity index (χ0) is 17.8. The molecule has 0 saturated carbocycles. The van der Waals surface area contributed by atoms with Gasteiger partial charge in [-0.1, -0.05) is 17.7 Å². The van der Waals surface area contributed by atoms with Gasteiger partial charge in [0.05, 0.1) is 18.4 Å². The molecule has 1 aromatic carbocycles. The first-order chi connectivity index (χ1) is 12.1. The van der Waals surface area contributed by atoms with Crippen molar-refractivity contribution < 1.29 is 14.3 Å². The Kier molecular flexibility index (Phi) is 5.60. The van der Waals surface area contributed by atoms with E-state index in [1.165, 1.54) is 11.3 Å². The fourth-order valence-electron chi connectivity index (χ4n) is 2.88. The van der Waals surface area contributed by atoms with Crippen LogP contribution in [-0.2, 0) is 11.2 Å². The van der Waals surface area contributed by atoms with Gasteiger partial charge in [0.1, 0.15) is 5.75 Å². The first-order valence-electron chi connectivity index (χ1n) is 8.01. The lowest BCUT2D eigenvalue weighted by atomic mass is 10.1. The highest BCUT2D eigenvalue weighted by Crippen LogP contribution is 2.24. The molecule has 0 aliphatic carbocycles. The minimum atomic E-state index is 0.0174. The number of nitrogens with zero attached hydrogens (tertiary/aromatic N) is 2. The molecule has 0 spiro atoms. The number of rotatable bonds is 4. The molecule has 0 bridgehead atoms. The molecule has 0 radical (unpaired) electrons. The van der Waals surface area contributed by atoms with Crippen LogP contribution in [0.25, 0.3) is 0 Å². The van der Waals surface area contributed by atoms with Crippen LogP contribution < -0.4 is 4.74 Å². The summed E-state index contributed by atoms with van der Waals surface area (Å²) in [6.07, 6.45) is 0.239. The van der Waals surface area contributed by atoms with E-state index >= 15 is 0 Å². The molecule has 2 aromatic rings. The van der Waals surface area contributed by atoms with Crippen LogP contribution in [0, 0.1) is 0 Å². The Bertz CT molecular complexity index is 756. The van der Waals surface area contributed by atoms with E-state index in [9.17, 15) is 9.59 Å². The summed E-state index contributed by atoms with van der Waals surface area (Å²) in [6.45, 7) is 2.18. The van der Waals surface area contributed by atoms with Crippen LogP contribution >= 0.6 is 22.9 Å². The van der Waals surface area contributed by atoms with Crippen molar-refractivity contribution in [1.29, 1.82) is 0 Å². The fourth-order valence-corrected chi connectivity index (χ4v) is 3.76. The Labute approximate surface area is 155 Å². The van der Waals surface area contributed by atoms with E-state index in [-0.39, 0.29) is 18.2 Å². The smallest absolute Gasteiger partial charge is 0.264 e. The van der Waals surface area contributed by atoms with E-state index in [2.05, 4.69) is 0 Å². The average Bonchev–Trinajstić information content (AvgIpc) is 3.16. The molecule has 1 fully saturated rings. The van der Waals surface area contributed by atoms with Crippen LogP contribution in [0.1, 0.15) is 15.2 Å². The second-order valence-corrected chi connectivity index (χ2v) is 7.17. The lowest BCUT2D eigenvalue weighted by molar-refractivity contribution is -0.131. The molecule has 5 nitrogen and oxygen atoms in total. The van der Waals surface area contributed by atoms with Gasteiger partial charge in [-0.15, -0.1) is 11.3 Å². The van der Waals surface area contributed by atoms with E-state index < -0.39 is 0 Å². The standard InChI is InChI=1S/C18H19ClN2O3S/c1-24-15-5-4-14(19)11-13(15)12-17(22)20-6-8-21(9-7-20)18(23)16-3-2-10-25-16/h2-5,10-11H,6-9,12H2,1H3. The molecule has 0 N–H and O–H groups in total. The van der Waals surface area contributed by atoms with Crippen molar-refractivity contribution in [2.45, 2.75) is 6.42 Å². The van der Waals surface area contributed by atoms with Crippen LogP contribution in [0.5, 0.6) is 5.75 Å². The number of hydrogen-bond acceptors (Lipinski definition) is 4. The first kappa shape index (κ1) is 17.8. The Morgan fingerprint density at radius 2 is 1.88 bits per heavy atom. The minimum Gasteiger partial charge on any atom is -0.496 e. The predicted molar refractivity (Wildman–Crippen MR) is 98.5 cm³/mol. The van der Waals surface area contributed by atoms with E-state index in [0.717, 1.165) is 10.4 Å². The largest absolute Gasteiger partial charge is 0.496 e. The van der Waals surface area contributed by atoms with Crippen molar-refractivity contribution in [2.75, 3.05) is 33.3 Å². The van der Waals surface area contributed by atoms with Crippen LogP contribution in [0.4, 0.5) is 0 Å². The normalized spacial score (nSPS) is 14.5. The molecule has 0 unspecified atom stereocenters. The lowest BCUT2D eigenvalue weighted by Gasteiger charge is -2.34. The van der Waals surface area contributed by atoms with Gasteiger partial charge in [0.2, 0.25) is 5.91 Å². The van der Waals surface area contributed by atoms with E-state index in [4.69, 9.17) is 16.3 Å². The van der Waals surface area contributed by atoms with E-state index in [1.54, 1.807) is 35.1 Å². The SMILES string of the molecule is COc1ccc(Cl)cc1CC(=O)N1CCN(C(=O)c2cccs2)CC1. The summed E-state index contributed by atoms with van der Waals surface area (Å²) < 4.78 is 5.30. The maximum atomic E-state index is 12.6. The van der Waals surface area contributed by atoms with Crippen molar-refractivity contribution in [2.24, 2.45) is 0 Å². The first-order valence-corrected chi connectivity index (χ1v) is 9.27. The van der Waals surface area contributed by atoms with E-state index in [0.29, 0.717) is 37.0 Å². The Balaban J connectivity index is 1.59. The number of carbonyl (C=O) groups is 2. The molecule has 1 aliphatic rings. The van der Waals surface area contributed by atoms with Crippen LogP contribution in [-0.4, -0.2) is 54.9 Å². The summed E-state index contributed by atoms with van der Waals surface area (Å²) in [5.41, 5.74) is 0.775. The number of halogens is 1. The highest BCUT2D eigenvalue weighted by Gasteiger charge is 2.25. The molecule has 1 aliphatic heterocycles. The van der Waals surface area contributed by atoms with Gasteiger partial charge >= 0.3 is 0 Å². The van der Waals surface area contributed by atoms with Gasteiger partial charge in [-0.25, -0.2) is 0 Å². The third kappa shape index (κ3) is 4.14. The Morgan fingerprint density at radius 3 is 2.52 bits per heavy atom. The molecular formula is C18H19ClN2O3S. The summed E-state index contributed by atoms with van der Waals surface area (Å²) in [6, 6.07) is 8.97. The second kappa shape index (κ2) is 7.89. The fraction of sp³-hybridized carbons (Fsp3) is 0.333. The Hall–Kier alpha value is -2.05. The quantitative estimate of drug-likeness (QED) is 0.821. The van der Waals surface area contributed by atoms with Crippen molar-refractivity contribution in [1.82, 2.24) is 9.80 Å². The van der Waals surface area contributed by atoms with Crippen molar-refractivity contribution in [3.8, 4) is 5.75 Å². The number of ether oxygens (including phenoxy) is 1. The molecule has 1 aromatic heterocycles. The average molecular weight is 379 g/mol. The molecular weight excluding hydrogens is 360 g/mol. The lowest BCUT2D eigenvalue weighted by Crippen LogP contribution is -2.50. The van der Waals surface area contributed by atoms with Gasteiger partial charge in [0.25, 0.3) is 5.91 Å². The number of thiophene rings is 1. The van der Waals surface area contributed by atoms with Crippen molar-refractivity contribution in [3.63, 3.8) is 0 Å².